The molecule has 1 fully saturated rings. The van der Waals surface area contributed by atoms with Crippen LogP contribution in [-0.4, -0.2) is 35.1 Å². The van der Waals surface area contributed by atoms with Gasteiger partial charge in [-0.1, -0.05) is 0 Å². The first kappa shape index (κ1) is 12.4. The Hall–Kier alpha value is -1.07. The molecule has 0 radical (unpaired) electrons. The Morgan fingerprint density at radius 3 is 3.12 bits per heavy atom. The fourth-order valence-corrected chi connectivity index (χ4v) is 2.30. The van der Waals surface area contributed by atoms with Gasteiger partial charge in [0.05, 0.1) is 12.6 Å². The number of rotatable bonds is 3. The minimum absolute atomic E-state index is 0.0320. The minimum Gasteiger partial charge on any atom is -0.450 e. The Labute approximate surface area is 108 Å². The molecule has 2 rings (SSSR count). The summed E-state index contributed by atoms with van der Waals surface area (Å²) in [5.41, 5.74) is 0. The molecule has 0 saturated carbocycles. The summed E-state index contributed by atoms with van der Waals surface area (Å²) in [6.45, 7) is 0.752. The molecule has 1 aromatic rings. The lowest BCUT2D eigenvalue weighted by atomic mass is 10.2. The summed E-state index contributed by atoms with van der Waals surface area (Å²) in [5, 5.41) is 9.13. The molecule has 17 heavy (non-hydrogen) atoms. The minimum atomic E-state index is -0.0749. The Bertz CT molecular complexity index is 427. The highest BCUT2D eigenvalue weighted by atomic mass is 79.9. The number of aliphatic hydroxyl groups is 1. The number of amides is 1. The van der Waals surface area contributed by atoms with Crippen LogP contribution in [0, 0.1) is 0 Å². The molecular weight excluding hydrogens is 286 g/mol. The SMILES string of the molecule is O=C(C=Cc1ccc(Br)o1)N1CCCC1CO. The molecule has 1 amide bonds. The third-order valence-corrected chi connectivity index (χ3v) is 3.28. The average molecular weight is 300 g/mol. The summed E-state index contributed by atoms with van der Waals surface area (Å²) in [6.07, 6.45) is 4.96. The fraction of sp³-hybridized carbons (Fsp3) is 0.417. The van der Waals surface area contributed by atoms with E-state index in [1.54, 1.807) is 23.1 Å². The molecule has 1 aliphatic rings. The first-order chi connectivity index (χ1) is 8.20. The molecule has 1 saturated heterocycles. The molecular formula is C12H14BrNO3. The van der Waals surface area contributed by atoms with Gasteiger partial charge in [0.2, 0.25) is 5.91 Å². The van der Waals surface area contributed by atoms with E-state index in [-0.39, 0.29) is 18.6 Å². The predicted molar refractivity (Wildman–Crippen MR) is 67.3 cm³/mol. The molecule has 1 aromatic heterocycles. The first-order valence-corrected chi connectivity index (χ1v) is 6.35. The van der Waals surface area contributed by atoms with Crippen molar-refractivity contribution in [3.63, 3.8) is 0 Å². The lowest BCUT2D eigenvalue weighted by Crippen LogP contribution is -2.36. The summed E-state index contributed by atoms with van der Waals surface area (Å²) in [5.74, 6) is 0.555. The van der Waals surface area contributed by atoms with Crippen molar-refractivity contribution in [1.82, 2.24) is 4.90 Å². The van der Waals surface area contributed by atoms with Crippen molar-refractivity contribution in [3.8, 4) is 0 Å². The maximum atomic E-state index is 11.9. The maximum absolute atomic E-state index is 11.9. The van der Waals surface area contributed by atoms with Gasteiger partial charge in [0.25, 0.3) is 0 Å². The lowest BCUT2D eigenvalue weighted by molar-refractivity contribution is -0.127. The molecule has 1 unspecified atom stereocenters. The molecule has 0 spiro atoms. The molecule has 0 aromatic carbocycles. The van der Waals surface area contributed by atoms with Crippen LogP contribution < -0.4 is 0 Å². The van der Waals surface area contributed by atoms with E-state index in [1.807, 2.05) is 0 Å². The predicted octanol–water partition coefficient (Wildman–Crippen LogP) is 2.04. The van der Waals surface area contributed by atoms with Crippen molar-refractivity contribution in [2.45, 2.75) is 18.9 Å². The van der Waals surface area contributed by atoms with E-state index in [4.69, 9.17) is 9.52 Å². The summed E-state index contributed by atoms with van der Waals surface area (Å²) >= 11 is 3.20. The van der Waals surface area contributed by atoms with Crippen LogP contribution >= 0.6 is 15.9 Å². The van der Waals surface area contributed by atoms with Crippen LogP contribution in [-0.2, 0) is 4.79 Å². The van der Waals surface area contributed by atoms with E-state index >= 15 is 0 Å². The van der Waals surface area contributed by atoms with Gasteiger partial charge in [0.1, 0.15) is 5.76 Å². The second-order valence-corrected chi connectivity index (χ2v) is 4.77. The summed E-state index contributed by atoms with van der Waals surface area (Å²) in [4.78, 5) is 13.6. The van der Waals surface area contributed by atoms with Gasteiger partial charge in [-0.15, -0.1) is 0 Å². The second kappa shape index (κ2) is 5.51. The monoisotopic (exact) mass is 299 g/mol. The maximum Gasteiger partial charge on any atom is 0.247 e. The van der Waals surface area contributed by atoms with Crippen LogP contribution in [0.5, 0.6) is 0 Å². The zero-order valence-corrected chi connectivity index (χ0v) is 10.9. The molecule has 1 N–H and O–H groups in total. The van der Waals surface area contributed by atoms with Crippen LogP contribution in [0.15, 0.2) is 27.3 Å². The molecule has 0 aliphatic carbocycles. The van der Waals surface area contributed by atoms with Crippen molar-refractivity contribution < 1.29 is 14.3 Å². The summed E-state index contributed by atoms with van der Waals surface area (Å²) in [7, 11) is 0. The van der Waals surface area contributed by atoms with Crippen molar-refractivity contribution in [2.75, 3.05) is 13.2 Å². The number of carbonyl (C=O) groups excluding carboxylic acids is 1. The highest BCUT2D eigenvalue weighted by Gasteiger charge is 2.26. The van der Waals surface area contributed by atoms with Gasteiger partial charge < -0.3 is 14.4 Å². The molecule has 2 heterocycles. The van der Waals surface area contributed by atoms with Crippen molar-refractivity contribution in [3.05, 3.63) is 28.6 Å². The van der Waals surface area contributed by atoms with E-state index in [2.05, 4.69) is 15.9 Å². The van der Waals surface area contributed by atoms with E-state index in [0.29, 0.717) is 10.4 Å². The third kappa shape index (κ3) is 2.98. The lowest BCUT2D eigenvalue weighted by Gasteiger charge is -2.21. The third-order valence-electron chi connectivity index (χ3n) is 2.86. The largest absolute Gasteiger partial charge is 0.450 e. The molecule has 0 bridgehead atoms. The van der Waals surface area contributed by atoms with Gasteiger partial charge in [0, 0.05) is 12.6 Å². The van der Waals surface area contributed by atoms with Crippen LogP contribution in [0.2, 0.25) is 0 Å². The number of hydrogen-bond donors (Lipinski definition) is 1. The Kier molecular flexibility index (Phi) is 4.02. The van der Waals surface area contributed by atoms with Crippen molar-refractivity contribution >= 4 is 27.9 Å². The quantitative estimate of drug-likeness (QED) is 0.869. The van der Waals surface area contributed by atoms with Crippen LogP contribution in [0.3, 0.4) is 0 Å². The normalized spacial score (nSPS) is 20.4. The number of halogens is 1. The van der Waals surface area contributed by atoms with Gasteiger partial charge in [-0.3, -0.25) is 4.79 Å². The molecule has 1 aliphatic heterocycles. The fourth-order valence-electron chi connectivity index (χ4n) is 1.98. The number of hydrogen-bond acceptors (Lipinski definition) is 3. The van der Waals surface area contributed by atoms with Gasteiger partial charge >= 0.3 is 0 Å². The van der Waals surface area contributed by atoms with Gasteiger partial charge in [0.15, 0.2) is 4.67 Å². The first-order valence-electron chi connectivity index (χ1n) is 5.55. The summed E-state index contributed by atoms with van der Waals surface area (Å²) < 4.78 is 5.90. The van der Waals surface area contributed by atoms with E-state index < -0.39 is 0 Å². The van der Waals surface area contributed by atoms with Crippen LogP contribution in [0.25, 0.3) is 6.08 Å². The number of carbonyl (C=O) groups is 1. The van der Waals surface area contributed by atoms with E-state index in [9.17, 15) is 4.79 Å². The average Bonchev–Trinajstić information content (AvgIpc) is 2.94. The van der Waals surface area contributed by atoms with E-state index in [1.165, 1.54) is 6.08 Å². The van der Waals surface area contributed by atoms with Crippen molar-refractivity contribution in [1.29, 1.82) is 0 Å². The Morgan fingerprint density at radius 1 is 1.65 bits per heavy atom. The van der Waals surface area contributed by atoms with E-state index in [0.717, 1.165) is 19.4 Å². The van der Waals surface area contributed by atoms with Gasteiger partial charge in [-0.2, -0.15) is 0 Å². The number of furan rings is 1. The Morgan fingerprint density at radius 2 is 2.47 bits per heavy atom. The number of nitrogens with zero attached hydrogens (tertiary/aromatic N) is 1. The Balaban J connectivity index is 1.99. The van der Waals surface area contributed by atoms with Gasteiger partial charge in [-0.25, -0.2) is 0 Å². The molecule has 1 atom stereocenters. The number of likely N-dealkylation sites (tertiary alicyclic amines) is 1. The highest BCUT2D eigenvalue weighted by molar-refractivity contribution is 9.10. The molecule has 4 nitrogen and oxygen atoms in total. The number of aliphatic hydroxyl groups excluding tert-OH is 1. The highest BCUT2D eigenvalue weighted by Crippen LogP contribution is 2.18. The second-order valence-electron chi connectivity index (χ2n) is 3.99. The molecule has 5 heteroatoms. The topological polar surface area (TPSA) is 53.7 Å². The molecule has 92 valence electrons. The zero-order chi connectivity index (χ0) is 12.3. The zero-order valence-electron chi connectivity index (χ0n) is 9.30. The van der Waals surface area contributed by atoms with Gasteiger partial charge in [-0.05, 0) is 47.0 Å². The smallest absolute Gasteiger partial charge is 0.247 e. The summed E-state index contributed by atoms with van der Waals surface area (Å²) in [6, 6.07) is 3.52. The van der Waals surface area contributed by atoms with Crippen molar-refractivity contribution in [2.24, 2.45) is 0 Å². The van der Waals surface area contributed by atoms with Crippen LogP contribution in [0.4, 0.5) is 0 Å². The van der Waals surface area contributed by atoms with Crippen LogP contribution in [0.1, 0.15) is 18.6 Å². The standard InChI is InChI=1S/C12H14BrNO3/c13-11-5-3-10(17-11)4-6-12(16)14-7-1-2-9(14)8-15/h3-6,9,15H,1-2,7-8H2.